The van der Waals surface area contributed by atoms with Crippen molar-refractivity contribution >= 4 is 23.4 Å². The number of rotatable bonds is 4. The molecular formula is C6H9ClF4S. The van der Waals surface area contributed by atoms with Crippen LogP contribution < -0.4 is 0 Å². The molecule has 0 fully saturated rings. The molecule has 0 spiro atoms. The maximum atomic E-state index is 12.6. The lowest BCUT2D eigenvalue weighted by molar-refractivity contribution is -0.0331. The molecule has 0 aromatic carbocycles. The topological polar surface area (TPSA) is 0 Å². The van der Waals surface area contributed by atoms with E-state index in [1.165, 1.54) is 0 Å². The summed E-state index contributed by atoms with van der Waals surface area (Å²) in [6, 6.07) is 0. The van der Waals surface area contributed by atoms with Gasteiger partial charge in [-0.15, -0.1) is 11.6 Å². The molecule has 0 radical (unpaired) electrons. The SMILES string of the molecule is CC(Cl)CC(F)CSC(F)(F)F. The maximum absolute atomic E-state index is 12.6. The minimum Gasteiger partial charge on any atom is -0.247 e. The fourth-order valence-electron chi connectivity index (χ4n) is 0.605. The van der Waals surface area contributed by atoms with Crippen LogP contribution in [0.15, 0.2) is 0 Å². The summed E-state index contributed by atoms with van der Waals surface area (Å²) < 4.78 is 47.1. The largest absolute Gasteiger partial charge is 0.441 e. The van der Waals surface area contributed by atoms with Crippen molar-refractivity contribution in [3.8, 4) is 0 Å². The third-order valence-electron chi connectivity index (χ3n) is 1.01. The smallest absolute Gasteiger partial charge is 0.247 e. The fourth-order valence-corrected chi connectivity index (χ4v) is 1.30. The van der Waals surface area contributed by atoms with Gasteiger partial charge in [-0.3, -0.25) is 0 Å². The standard InChI is InChI=1S/C6H9ClF4S/c1-4(7)2-5(8)3-12-6(9,10)11/h4-5H,2-3H2,1H3. The molecule has 0 saturated carbocycles. The van der Waals surface area contributed by atoms with Crippen molar-refractivity contribution in [2.24, 2.45) is 0 Å². The molecular weight excluding hydrogens is 216 g/mol. The van der Waals surface area contributed by atoms with E-state index in [0.29, 0.717) is 0 Å². The van der Waals surface area contributed by atoms with Gasteiger partial charge in [0.05, 0.1) is 0 Å². The highest BCUT2D eigenvalue weighted by atomic mass is 35.5. The molecule has 0 aliphatic heterocycles. The lowest BCUT2D eigenvalue weighted by Crippen LogP contribution is -2.13. The summed E-state index contributed by atoms with van der Waals surface area (Å²) in [5.41, 5.74) is -4.35. The summed E-state index contributed by atoms with van der Waals surface area (Å²) in [4.78, 5) is 0. The van der Waals surface area contributed by atoms with Gasteiger partial charge in [0.2, 0.25) is 0 Å². The first-order valence-corrected chi connectivity index (χ1v) is 4.72. The van der Waals surface area contributed by atoms with E-state index in [0.717, 1.165) is 0 Å². The van der Waals surface area contributed by atoms with Crippen molar-refractivity contribution in [1.29, 1.82) is 0 Å². The molecule has 6 heteroatoms. The second-order valence-electron chi connectivity index (χ2n) is 2.37. The first-order chi connectivity index (χ1) is 5.31. The van der Waals surface area contributed by atoms with Gasteiger partial charge in [-0.2, -0.15) is 13.2 Å². The van der Waals surface area contributed by atoms with Crippen LogP contribution in [0.1, 0.15) is 13.3 Å². The molecule has 2 atom stereocenters. The Bertz CT molecular complexity index is 125. The minimum absolute atomic E-state index is 0.0371. The van der Waals surface area contributed by atoms with Gasteiger partial charge >= 0.3 is 5.51 Å². The van der Waals surface area contributed by atoms with E-state index in [2.05, 4.69) is 0 Å². The summed E-state index contributed by atoms with van der Waals surface area (Å²) in [6.45, 7) is 1.55. The Morgan fingerprint density at radius 1 is 1.42 bits per heavy atom. The summed E-state index contributed by atoms with van der Waals surface area (Å²) in [5, 5.41) is -0.422. The van der Waals surface area contributed by atoms with Gasteiger partial charge in [-0.05, 0) is 25.1 Å². The number of hydrogen-bond donors (Lipinski definition) is 0. The van der Waals surface area contributed by atoms with Gasteiger partial charge in [-0.1, -0.05) is 0 Å². The second-order valence-corrected chi connectivity index (χ2v) is 4.20. The monoisotopic (exact) mass is 224 g/mol. The van der Waals surface area contributed by atoms with Crippen LogP contribution in [0.5, 0.6) is 0 Å². The Morgan fingerprint density at radius 3 is 2.25 bits per heavy atom. The van der Waals surface area contributed by atoms with Crippen LogP contribution in [0.2, 0.25) is 0 Å². The van der Waals surface area contributed by atoms with E-state index in [4.69, 9.17) is 11.6 Å². The van der Waals surface area contributed by atoms with Gasteiger partial charge < -0.3 is 0 Å². The maximum Gasteiger partial charge on any atom is 0.441 e. The second kappa shape index (κ2) is 5.17. The molecule has 0 aliphatic rings. The van der Waals surface area contributed by atoms with Gasteiger partial charge in [0.1, 0.15) is 6.17 Å². The lowest BCUT2D eigenvalue weighted by Gasteiger charge is -2.10. The first kappa shape index (κ1) is 12.4. The molecule has 12 heavy (non-hydrogen) atoms. The molecule has 0 nitrogen and oxygen atoms in total. The average molecular weight is 225 g/mol. The Labute approximate surface area is 77.7 Å². The Morgan fingerprint density at radius 2 is 1.92 bits per heavy atom. The normalized spacial score (nSPS) is 17.5. The molecule has 0 amide bonds. The van der Waals surface area contributed by atoms with Gasteiger partial charge in [0.25, 0.3) is 0 Å². The molecule has 2 unspecified atom stereocenters. The Balaban J connectivity index is 3.51. The van der Waals surface area contributed by atoms with Gasteiger partial charge in [0.15, 0.2) is 0 Å². The quantitative estimate of drug-likeness (QED) is 0.520. The predicted molar refractivity (Wildman–Crippen MR) is 43.3 cm³/mol. The first-order valence-electron chi connectivity index (χ1n) is 3.30. The number of alkyl halides is 5. The van der Waals surface area contributed by atoms with Crippen molar-refractivity contribution in [2.45, 2.75) is 30.4 Å². The molecule has 0 bridgehead atoms. The van der Waals surface area contributed by atoms with Crippen LogP contribution in [-0.4, -0.2) is 22.8 Å². The van der Waals surface area contributed by atoms with Crippen molar-refractivity contribution in [1.82, 2.24) is 0 Å². The summed E-state index contributed by atoms with van der Waals surface area (Å²) >= 11 is 5.04. The zero-order valence-electron chi connectivity index (χ0n) is 6.37. The highest BCUT2D eigenvalue weighted by molar-refractivity contribution is 8.00. The number of halogens is 5. The minimum atomic E-state index is -4.35. The van der Waals surface area contributed by atoms with E-state index < -0.39 is 22.8 Å². The van der Waals surface area contributed by atoms with Crippen LogP contribution in [-0.2, 0) is 0 Å². The fraction of sp³-hybridized carbons (Fsp3) is 1.00. The number of thioether (sulfide) groups is 1. The molecule has 74 valence electrons. The van der Waals surface area contributed by atoms with Crippen LogP contribution >= 0.6 is 23.4 Å². The third kappa shape index (κ3) is 8.46. The zero-order valence-corrected chi connectivity index (χ0v) is 7.94. The lowest BCUT2D eigenvalue weighted by atomic mass is 10.2. The molecule has 0 aliphatic carbocycles. The third-order valence-corrected chi connectivity index (χ3v) is 2.04. The van der Waals surface area contributed by atoms with Crippen LogP contribution in [0.3, 0.4) is 0 Å². The van der Waals surface area contributed by atoms with Crippen molar-refractivity contribution in [3.63, 3.8) is 0 Å². The molecule has 0 aromatic rings. The van der Waals surface area contributed by atoms with Crippen molar-refractivity contribution in [3.05, 3.63) is 0 Å². The molecule has 0 saturated heterocycles. The summed E-state index contributed by atoms with van der Waals surface area (Å²) in [6.07, 6.45) is -1.52. The molecule has 0 rings (SSSR count). The highest BCUT2D eigenvalue weighted by Crippen LogP contribution is 2.31. The van der Waals surface area contributed by atoms with Crippen molar-refractivity contribution in [2.75, 3.05) is 5.75 Å². The van der Waals surface area contributed by atoms with Crippen LogP contribution in [0.4, 0.5) is 17.6 Å². The Kier molecular flexibility index (Phi) is 5.32. The van der Waals surface area contributed by atoms with E-state index in [1.54, 1.807) is 6.92 Å². The summed E-state index contributed by atoms with van der Waals surface area (Å²) in [7, 11) is 0. The Hall–Kier alpha value is 0.360. The van der Waals surface area contributed by atoms with E-state index in [-0.39, 0.29) is 18.2 Å². The average Bonchev–Trinajstić information content (AvgIpc) is 1.80. The molecule has 0 N–H and O–H groups in total. The molecule has 0 aromatic heterocycles. The van der Waals surface area contributed by atoms with E-state index in [1.807, 2.05) is 0 Å². The van der Waals surface area contributed by atoms with Gasteiger partial charge in [0, 0.05) is 11.1 Å². The van der Waals surface area contributed by atoms with E-state index in [9.17, 15) is 17.6 Å². The van der Waals surface area contributed by atoms with Crippen molar-refractivity contribution < 1.29 is 17.6 Å². The predicted octanol–water partition coefficient (Wildman–Crippen LogP) is 3.59. The van der Waals surface area contributed by atoms with Crippen LogP contribution in [0.25, 0.3) is 0 Å². The summed E-state index contributed by atoms with van der Waals surface area (Å²) in [5.74, 6) is -0.569. The van der Waals surface area contributed by atoms with Crippen LogP contribution in [0, 0.1) is 0 Å². The van der Waals surface area contributed by atoms with Gasteiger partial charge in [-0.25, -0.2) is 4.39 Å². The van der Waals surface area contributed by atoms with E-state index >= 15 is 0 Å². The number of hydrogen-bond acceptors (Lipinski definition) is 1. The zero-order chi connectivity index (χ0) is 9.78. The highest BCUT2D eigenvalue weighted by Gasteiger charge is 2.29. The molecule has 0 heterocycles.